The van der Waals surface area contributed by atoms with Crippen LogP contribution in [0.3, 0.4) is 0 Å². The van der Waals surface area contributed by atoms with Crippen molar-refractivity contribution in [3.63, 3.8) is 0 Å². The van der Waals surface area contributed by atoms with Crippen LogP contribution < -0.4 is 10.2 Å². The van der Waals surface area contributed by atoms with Crippen molar-refractivity contribution in [1.82, 2.24) is 10.2 Å². The molecule has 1 aromatic heterocycles. The minimum Gasteiger partial charge on any atom is -0.435 e. The van der Waals surface area contributed by atoms with Gasteiger partial charge in [0.15, 0.2) is 0 Å². The van der Waals surface area contributed by atoms with E-state index >= 15 is 0 Å². The van der Waals surface area contributed by atoms with Gasteiger partial charge in [0, 0.05) is 6.07 Å². The predicted octanol–water partition coefficient (Wildman–Crippen LogP) is 2.89. The van der Waals surface area contributed by atoms with Crippen LogP contribution in [0.4, 0.5) is 0 Å². The monoisotopic (exact) mass is 307 g/mol. The van der Waals surface area contributed by atoms with Gasteiger partial charge in [0.2, 0.25) is 5.43 Å². The van der Waals surface area contributed by atoms with Crippen molar-refractivity contribution in [2.75, 3.05) is 7.11 Å². The molecule has 0 bridgehead atoms. The van der Waals surface area contributed by atoms with Gasteiger partial charge in [0.05, 0.1) is 5.71 Å². The lowest BCUT2D eigenvalue weighted by Gasteiger charge is -2.09. The molecular weight excluding hydrogens is 294 g/mol. The lowest BCUT2D eigenvalue weighted by Crippen LogP contribution is -2.08. The van der Waals surface area contributed by atoms with Crippen molar-refractivity contribution in [2.45, 2.75) is 13.8 Å². The highest BCUT2D eigenvalue weighted by Gasteiger charge is 2.09. The Bertz CT molecular complexity index is 740. The van der Waals surface area contributed by atoms with Crippen molar-refractivity contribution < 1.29 is 9.57 Å². The number of halogens is 1. The molecule has 0 saturated heterocycles. The number of oxime groups is 1. The molecule has 21 heavy (non-hydrogen) atoms. The van der Waals surface area contributed by atoms with E-state index in [1.807, 2.05) is 26.0 Å². The molecule has 1 aromatic carbocycles. The fourth-order valence-corrected chi connectivity index (χ4v) is 1.87. The third-order valence-corrected chi connectivity index (χ3v) is 2.95. The van der Waals surface area contributed by atoms with Crippen LogP contribution in [-0.2, 0) is 4.84 Å². The molecule has 0 fully saturated rings. The Morgan fingerprint density at radius 3 is 2.76 bits per heavy atom. The van der Waals surface area contributed by atoms with Crippen molar-refractivity contribution in [1.29, 1.82) is 0 Å². The predicted molar refractivity (Wildman–Crippen MR) is 80.3 cm³/mol. The van der Waals surface area contributed by atoms with Gasteiger partial charge in [-0.1, -0.05) is 16.8 Å². The normalized spacial score (nSPS) is 11.3. The fourth-order valence-electron chi connectivity index (χ4n) is 1.72. The van der Waals surface area contributed by atoms with Crippen LogP contribution in [0.1, 0.15) is 18.1 Å². The number of nitrogens with zero attached hydrogens (tertiary/aromatic N) is 2. The minimum absolute atomic E-state index is 0.0578. The first kappa shape index (κ1) is 15.1. The number of aryl methyl sites for hydroxylation is 1. The zero-order valence-corrected chi connectivity index (χ0v) is 12.6. The SMILES string of the molecule is CO/N=C(\C)c1ccc(Oc2n[nH]c(Cl)cc2=O)c(C)c1. The summed E-state index contributed by atoms with van der Waals surface area (Å²) in [5.41, 5.74) is 2.10. The molecule has 0 spiro atoms. The van der Waals surface area contributed by atoms with Gasteiger partial charge in [0.25, 0.3) is 5.88 Å². The van der Waals surface area contributed by atoms with Crippen LogP contribution >= 0.6 is 11.6 Å². The summed E-state index contributed by atoms with van der Waals surface area (Å²) in [7, 11) is 1.49. The number of aromatic amines is 1. The maximum absolute atomic E-state index is 11.7. The van der Waals surface area contributed by atoms with Gasteiger partial charge in [-0.15, -0.1) is 5.10 Å². The fraction of sp³-hybridized carbons (Fsp3) is 0.214. The second-order valence-corrected chi connectivity index (χ2v) is 4.73. The molecule has 6 nitrogen and oxygen atoms in total. The maximum Gasteiger partial charge on any atom is 0.285 e. The van der Waals surface area contributed by atoms with E-state index in [-0.39, 0.29) is 16.5 Å². The van der Waals surface area contributed by atoms with Crippen molar-refractivity contribution >= 4 is 17.3 Å². The second kappa shape index (κ2) is 6.41. The Labute approximate surface area is 126 Å². The standard InChI is InChI=1S/C14H14ClN3O3/c1-8-6-10(9(2)18-20-3)4-5-12(8)21-14-11(19)7-13(15)16-17-14/h4-7H,1-3H3,(H,16,19)/b18-9+. The van der Waals surface area contributed by atoms with E-state index in [4.69, 9.17) is 21.2 Å². The zero-order valence-electron chi connectivity index (χ0n) is 11.8. The van der Waals surface area contributed by atoms with Crippen LogP contribution in [0, 0.1) is 6.92 Å². The Morgan fingerprint density at radius 1 is 1.38 bits per heavy atom. The first-order valence-corrected chi connectivity index (χ1v) is 6.51. The highest BCUT2D eigenvalue weighted by atomic mass is 35.5. The molecule has 0 saturated carbocycles. The summed E-state index contributed by atoms with van der Waals surface area (Å²) in [6, 6.07) is 6.67. The average Bonchev–Trinajstić information content (AvgIpc) is 2.44. The Hall–Kier alpha value is -2.34. The van der Waals surface area contributed by atoms with E-state index in [2.05, 4.69) is 15.4 Å². The Morgan fingerprint density at radius 2 is 2.14 bits per heavy atom. The molecule has 0 amide bonds. The smallest absolute Gasteiger partial charge is 0.285 e. The maximum atomic E-state index is 11.7. The molecule has 1 heterocycles. The number of aromatic nitrogens is 2. The van der Waals surface area contributed by atoms with Gasteiger partial charge in [-0.25, -0.2) is 0 Å². The second-order valence-electron chi connectivity index (χ2n) is 4.33. The number of rotatable bonds is 4. The van der Waals surface area contributed by atoms with Gasteiger partial charge >= 0.3 is 0 Å². The summed E-state index contributed by atoms with van der Waals surface area (Å²) in [6.07, 6.45) is 0. The Balaban J connectivity index is 2.29. The molecule has 0 unspecified atom stereocenters. The van der Waals surface area contributed by atoms with E-state index in [1.54, 1.807) is 6.07 Å². The summed E-state index contributed by atoms with van der Waals surface area (Å²) < 4.78 is 5.50. The van der Waals surface area contributed by atoms with E-state index in [0.717, 1.165) is 16.8 Å². The molecule has 0 radical (unpaired) electrons. The van der Waals surface area contributed by atoms with Crippen LogP contribution in [0.15, 0.2) is 34.2 Å². The van der Waals surface area contributed by atoms with Gasteiger partial charge in [0.1, 0.15) is 18.0 Å². The molecule has 2 aromatic rings. The number of benzene rings is 1. The van der Waals surface area contributed by atoms with Crippen LogP contribution in [0.2, 0.25) is 5.15 Å². The lowest BCUT2D eigenvalue weighted by molar-refractivity contribution is 0.213. The van der Waals surface area contributed by atoms with Gasteiger partial charge in [-0.05, 0) is 43.2 Å². The van der Waals surface area contributed by atoms with Crippen molar-refractivity contribution in [3.05, 3.63) is 50.8 Å². The summed E-state index contributed by atoms with van der Waals surface area (Å²) in [5.74, 6) is 0.474. The van der Waals surface area contributed by atoms with Crippen molar-refractivity contribution in [2.24, 2.45) is 5.16 Å². The molecule has 0 aliphatic heterocycles. The largest absolute Gasteiger partial charge is 0.435 e. The topological polar surface area (TPSA) is 76.6 Å². The lowest BCUT2D eigenvalue weighted by atomic mass is 10.1. The third kappa shape index (κ3) is 3.61. The summed E-state index contributed by atoms with van der Waals surface area (Å²) in [5, 5.41) is 10.3. The van der Waals surface area contributed by atoms with Gasteiger partial charge in [-0.3, -0.25) is 9.89 Å². The van der Waals surface area contributed by atoms with E-state index in [9.17, 15) is 4.79 Å². The van der Waals surface area contributed by atoms with Gasteiger partial charge in [-0.2, -0.15) is 0 Å². The number of H-pyrrole nitrogens is 1. The van der Waals surface area contributed by atoms with E-state index in [0.29, 0.717) is 5.75 Å². The Kier molecular flexibility index (Phi) is 4.59. The number of nitrogens with one attached hydrogen (secondary N) is 1. The number of ether oxygens (including phenoxy) is 1. The quantitative estimate of drug-likeness (QED) is 0.696. The summed E-state index contributed by atoms with van der Waals surface area (Å²) in [4.78, 5) is 16.4. The van der Waals surface area contributed by atoms with E-state index in [1.165, 1.54) is 13.2 Å². The molecule has 110 valence electrons. The number of hydrogen-bond acceptors (Lipinski definition) is 5. The molecule has 2 rings (SSSR count). The first-order valence-electron chi connectivity index (χ1n) is 6.13. The molecule has 1 N–H and O–H groups in total. The average molecular weight is 308 g/mol. The van der Waals surface area contributed by atoms with Crippen LogP contribution in [0.5, 0.6) is 11.6 Å². The highest BCUT2D eigenvalue weighted by molar-refractivity contribution is 6.29. The molecular formula is C14H14ClN3O3. The van der Waals surface area contributed by atoms with Crippen molar-refractivity contribution in [3.8, 4) is 11.6 Å². The van der Waals surface area contributed by atoms with Gasteiger partial charge < -0.3 is 9.57 Å². The zero-order chi connectivity index (χ0) is 15.4. The van der Waals surface area contributed by atoms with E-state index < -0.39 is 0 Å². The molecule has 7 heteroatoms. The molecule has 0 aliphatic carbocycles. The first-order chi connectivity index (χ1) is 10.0. The molecule has 0 atom stereocenters. The van der Waals surface area contributed by atoms with Crippen LogP contribution in [-0.4, -0.2) is 23.0 Å². The third-order valence-electron chi connectivity index (χ3n) is 2.76. The number of hydrogen-bond donors (Lipinski definition) is 1. The minimum atomic E-state index is -0.389. The summed E-state index contributed by atoms with van der Waals surface area (Å²) >= 11 is 5.64. The summed E-state index contributed by atoms with van der Waals surface area (Å²) in [6.45, 7) is 3.70. The highest BCUT2D eigenvalue weighted by Crippen LogP contribution is 2.23. The molecule has 0 aliphatic rings. The van der Waals surface area contributed by atoms with Crippen LogP contribution in [0.25, 0.3) is 0 Å².